The molecule has 0 saturated heterocycles. The van der Waals surface area contributed by atoms with E-state index >= 15 is 0 Å². The topological polar surface area (TPSA) is 53.4 Å². The molecular formula is C9H10ClIN2O2. The summed E-state index contributed by atoms with van der Waals surface area (Å²) in [4.78, 5) is 16.2. The summed E-state index contributed by atoms with van der Waals surface area (Å²) >= 11 is 7.77. The van der Waals surface area contributed by atoms with E-state index in [0.717, 1.165) is 9.99 Å². The van der Waals surface area contributed by atoms with Gasteiger partial charge in [0.15, 0.2) is 0 Å². The van der Waals surface area contributed by atoms with Crippen molar-refractivity contribution in [3.63, 3.8) is 0 Å². The number of halogens is 2. The monoisotopic (exact) mass is 340 g/mol. The molecule has 1 aromatic rings. The SMILES string of the molecule is CCCN(C(=O)O)c1cc(Cl)ncc1I. The second-order valence-electron chi connectivity index (χ2n) is 2.89. The van der Waals surface area contributed by atoms with Crippen LogP contribution >= 0.6 is 34.2 Å². The maximum atomic E-state index is 11.0. The number of carbonyl (C=O) groups is 1. The van der Waals surface area contributed by atoms with Crippen LogP contribution in [-0.2, 0) is 0 Å². The second-order valence-corrected chi connectivity index (χ2v) is 4.44. The minimum atomic E-state index is -0.975. The number of nitrogens with zero attached hydrogens (tertiary/aromatic N) is 2. The van der Waals surface area contributed by atoms with Crippen molar-refractivity contribution in [3.8, 4) is 0 Å². The molecular weight excluding hydrogens is 330 g/mol. The summed E-state index contributed by atoms with van der Waals surface area (Å²) in [5.74, 6) is 0. The summed E-state index contributed by atoms with van der Waals surface area (Å²) in [7, 11) is 0. The van der Waals surface area contributed by atoms with E-state index in [2.05, 4.69) is 4.98 Å². The average molecular weight is 341 g/mol. The number of hydrogen-bond donors (Lipinski definition) is 1. The highest BCUT2D eigenvalue weighted by Gasteiger charge is 2.16. The van der Waals surface area contributed by atoms with E-state index in [9.17, 15) is 4.79 Å². The molecule has 1 aromatic heterocycles. The number of hydrogen-bond acceptors (Lipinski definition) is 2. The van der Waals surface area contributed by atoms with Crippen molar-refractivity contribution in [1.82, 2.24) is 4.98 Å². The number of amides is 1. The molecule has 1 heterocycles. The van der Waals surface area contributed by atoms with Gasteiger partial charge in [-0.1, -0.05) is 18.5 Å². The zero-order valence-electron chi connectivity index (χ0n) is 8.07. The molecule has 0 aliphatic heterocycles. The molecule has 0 saturated carbocycles. The minimum absolute atomic E-state index is 0.299. The predicted octanol–water partition coefficient (Wildman–Crippen LogP) is 3.23. The van der Waals surface area contributed by atoms with Gasteiger partial charge in [-0.25, -0.2) is 9.78 Å². The number of anilines is 1. The molecule has 0 bridgehead atoms. The maximum absolute atomic E-state index is 11.0. The number of pyridine rings is 1. The molecule has 4 nitrogen and oxygen atoms in total. The Morgan fingerprint density at radius 1 is 1.73 bits per heavy atom. The molecule has 0 aliphatic carbocycles. The van der Waals surface area contributed by atoms with Gasteiger partial charge in [-0.3, -0.25) is 4.90 Å². The van der Waals surface area contributed by atoms with Gasteiger partial charge in [0, 0.05) is 18.8 Å². The Labute approximate surface area is 106 Å². The van der Waals surface area contributed by atoms with Crippen molar-refractivity contribution in [1.29, 1.82) is 0 Å². The molecule has 1 rings (SSSR count). The highest BCUT2D eigenvalue weighted by atomic mass is 127. The number of aromatic nitrogens is 1. The Hall–Kier alpha value is -0.560. The molecule has 0 atom stereocenters. The van der Waals surface area contributed by atoms with Crippen LogP contribution in [0.2, 0.25) is 5.15 Å². The molecule has 1 N–H and O–H groups in total. The lowest BCUT2D eigenvalue weighted by Crippen LogP contribution is -2.30. The van der Waals surface area contributed by atoms with Gasteiger partial charge in [-0.05, 0) is 29.0 Å². The van der Waals surface area contributed by atoms with Crippen LogP contribution in [0.25, 0.3) is 0 Å². The molecule has 0 fully saturated rings. The summed E-state index contributed by atoms with van der Waals surface area (Å²) in [5, 5.41) is 9.33. The van der Waals surface area contributed by atoms with Crippen LogP contribution in [0, 0.1) is 3.57 Å². The first kappa shape index (κ1) is 12.5. The van der Waals surface area contributed by atoms with Crippen molar-refractivity contribution >= 4 is 46.0 Å². The van der Waals surface area contributed by atoms with E-state index in [-0.39, 0.29) is 0 Å². The summed E-state index contributed by atoms with van der Waals surface area (Å²) in [5.41, 5.74) is 0.588. The first-order valence-corrected chi connectivity index (χ1v) is 5.83. The fourth-order valence-electron chi connectivity index (χ4n) is 1.15. The molecule has 0 radical (unpaired) electrons. The zero-order valence-corrected chi connectivity index (χ0v) is 11.0. The van der Waals surface area contributed by atoms with E-state index in [1.165, 1.54) is 4.90 Å². The Bertz CT molecular complexity index is 373. The molecule has 82 valence electrons. The van der Waals surface area contributed by atoms with Gasteiger partial charge in [-0.15, -0.1) is 0 Å². The first-order valence-electron chi connectivity index (χ1n) is 4.37. The Morgan fingerprint density at radius 3 is 2.93 bits per heavy atom. The average Bonchev–Trinajstić information content (AvgIpc) is 2.18. The van der Waals surface area contributed by atoms with Crippen LogP contribution in [0.3, 0.4) is 0 Å². The summed E-state index contributed by atoms with van der Waals surface area (Å²) < 4.78 is 0.771. The Morgan fingerprint density at radius 2 is 2.40 bits per heavy atom. The predicted molar refractivity (Wildman–Crippen MR) is 67.6 cm³/mol. The molecule has 15 heavy (non-hydrogen) atoms. The minimum Gasteiger partial charge on any atom is -0.465 e. The van der Waals surface area contributed by atoms with E-state index < -0.39 is 6.09 Å². The van der Waals surface area contributed by atoms with Gasteiger partial charge in [0.1, 0.15) is 5.15 Å². The van der Waals surface area contributed by atoms with Crippen LogP contribution in [0.5, 0.6) is 0 Å². The molecule has 1 amide bonds. The van der Waals surface area contributed by atoms with Gasteiger partial charge in [0.25, 0.3) is 0 Å². The summed E-state index contributed by atoms with van der Waals surface area (Å²) in [6.45, 7) is 2.37. The van der Waals surface area contributed by atoms with Crippen molar-refractivity contribution in [2.24, 2.45) is 0 Å². The summed E-state index contributed by atoms with van der Waals surface area (Å²) in [6.07, 6.45) is 1.34. The molecule has 0 unspecified atom stereocenters. The second kappa shape index (κ2) is 5.50. The van der Waals surface area contributed by atoms with Gasteiger partial charge in [0.05, 0.1) is 9.26 Å². The third kappa shape index (κ3) is 3.20. The molecule has 0 spiro atoms. The smallest absolute Gasteiger partial charge is 0.411 e. The quantitative estimate of drug-likeness (QED) is 0.679. The highest BCUT2D eigenvalue weighted by molar-refractivity contribution is 14.1. The normalized spacial score (nSPS) is 10.1. The standard InChI is InChI=1S/C9H10ClIN2O2/c1-2-3-13(9(14)15)7-4-8(10)12-5-6(7)11/h4-5H,2-3H2,1H3,(H,14,15). The zero-order chi connectivity index (χ0) is 11.4. The Kier molecular flexibility index (Phi) is 4.59. The van der Waals surface area contributed by atoms with Crippen molar-refractivity contribution in [2.45, 2.75) is 13.3 Å². The van der Waals surface area contributed by atoms with Crippen LogP contribution in [-0.4, -0.2) is 22.7 Å². The van der Waals surface area contributed by atoms with Crippen LogP contribution in [0.15, 0.2) is 12.3 Å². The van der Waals surface area contributed by atoms with Gasteiger partial charge >= 0.3 is 6.09 Å². The van der Waals surface area contributed by atoms with E-state index in [0.29, 0.717) is 17.4 Å². The fourth-order valence-corrected chi connectivity index (χ4v) is 1.89. The molecule has 0 aliphatic rings. The highest BCUT2D eigenvalue weighted by Crippen LogP contribution is 2.24. The maximum Gasteiger partial charge on any atom is 0.411 e. The largest absolute Gasteiger partial charge is 0.465 e. The van der Waals surface area contributed by atoms with E-state index in [1.54, 1.807) is 12.3 Å². The van der Waals surface area contributed by atoms with E-state index in [1.807, 2.05) is 29.5 Å². The van der Waals surface area contributed by atoms with Crippen molar-refractivity contribution in [2.75, 3.05) is 11.4 Å². The number of carboxylic acid groups (broad SMARTS) is 1. The van der Waals surface area contributed by atoms with Crippen molar-refractivity contribution < 1.29 is 9.90 Å². The van der Waals surface area contributed by atoms with Crippen molar-refractivity contribution in [3.05, 3.63) is 21.0 Å². The van der Waals surface area contributed by atoms with Crippen LogP contribution in [0.1, 0.15) is 13.3 Å². The van der Waals surface area contributed by atoms with Gasteiger partial charge in [-0.2, -0.15) is 0 Å². The van der Waals surface area contributed by atoms with Gasteiger partial charge < -0.3 is 5.11 Å². The van der Waals surface area contributed by atoms with Crippen LogP contribution < -0.4 is 4.90 Å². The third-order valence-corrected chi connectivity index (χ3v) is 2.81. The lowest BCUT2D eigenvalue weighted by molar-refractivity contribution is 0.201. The van der Waals surface area contributed by atoms with E-state index in [4.69, 9.17) is 16.7 Å². The number of rotatable bonds is 3. The molecule has 6 heteroatoms. The molecule has 0 aromatic carbocycles. The first-order chi connectivity index (χ1) is 7.06. The summed E-state index contributed by atoms with van der Waals surface area (Å²) in [6, 6.07) is 1.56. The van der Waals surface area contributed by atoms with Crippen LogP contribution in [0.4, 0.5) is 10.5 Å². The lowest BCUT2D eigenvalue weighted by atomic mass is 10.3. The third-order valence-electron chi connectivity index (χ3n) is 1.77. The Balaban J connectivity index is 3.09. The fraction of sp³-hybridized carbons (Fsp3) is 0.333. The lowest BCUT2D eigenvalue weighted by Gasteiger charge is -2.19. The van der Waals surface area contributed by atoms with Gasteiger partial charge in [0.2, 0.25) is 0 Å².